The van der Waals surface area contributed by atoms with E-state index >= 15 is 0 Å². The third-order valence-electron chi connectivity index (χ3n) is 1.22. The molecular weight excluding hydrogens is 219 g/mol. The predicted molar refractivity (Wildman–Crippen MR) is 52.1 cm³/mol. The number of rotatable bonds is 3. The third kappa shape index (κ3) is 6.22. The van der Waals surface area contributed by atoms with Gasteiger partial charge in [0.15, 0.2) is 0 Å². The van der Waals surface area contributed by atoms with Crippen LogP contribution >= 0.6 is 23.2 Å². The Morgan fingerprint density at radius 2 is 1.25 bits per heavy atom. The SMILES string of the molecule is CO[SiH](OC)OC.ClC1CC1Cl. The van der Waals surface area contributed by atoms with Gasteiger partial charge in [0.05, 0.1) is 10.8 Å². The van der Waals surface area contributed by atoms with Gasteiger partial charge < -0.3 is 13.3 Å². The highest BCUT2D eigenvalue weighted by Crippen LogP contribution is 2.33. The van der Waals surface area contributed by atoms with Gasteiger partial charge in [-0.1, -0.05) is 0 Å². The molecule has 12 heavy (non-hydrogen) atoms. The van der Waals surface area contributed by atoms with Gasteiger partial charge in [0, 0.05) is 21.3 Å². The van der Waals surface area contributed by atoms with Crippen LogP contribution in [0.25, 0.3) is 0 Å². The van der Waals surface area contributed by atoms with E-state index in [1.54, 1.807) is 21.3 Å². The first kappa shape index (κ1) is 12.7. The molecule has 0 N–H and O–H groups in total. The van der Waals surface area contributed by atoms with Gasteiger partial charge in [0.2, 0.25) is 0 Å². The van der Waals surface area contributed by atoms with E-state index in [0.717, 1.165) is 6.42 Å². The Bertz CT molecular complexity index is 101. The summed E-state index contributed by atoms with van der Waals surface area (Å²) in [6, 6.07) is 0. The molecule has 3 nitrogen and oxygen atoms in total. The van der Waals surface area contributed by atoms with Gasteiger partial charge in [-0.25, -0.2) is 0 Å². The van der Waals surface area contributed by atoms with Crippen LogP contribution in [0.5, 0.6) is 0 Å². The molecule has 1 aliphatic carbocycles. The Morgan fingerprint density at radius 3 is 1.25 bits per heavy atom. The minimum Gasteiger partial charge on any atom is -0.379 e. The molecule has 0 heterocycles. The van der Waals surface area contributed by atoms with E-state index in [2.05, 4.69) is 0 Å². The molecule has 1 rings (SSSR count). The Morgan fingerprint density at radius 1 is 1.00 bits per heavy atom. The third-order valence-corrected chi connectivity index (χ3v) is 3.47. The lowest BCUT2D eigenvalue weighted by Gasteiger charge is -2.05. The van der Waals surface area contributed by atoms with E-state index in [1.165, 1.54) is 0 Å². The van der Waals surface area contributed by atoms with Crippen LogP contribution in [0, 0.1) is 0 Å². The molecule has 0 aromatic rings. The number of hydrogen-bond acceptors (Lipinski definition) is 3. The van der Waals surface area contributed by atoms with Gasteiger partial charge in [-0.15, -0.1) is 23.2 Å². The molecule has 6 heteroatoms. The molecule has 0 bridgehead atoms. The molecule has 0 aliphatic heterocycles. The zero-order valence-electron chi connectivity index (χ0n) is 7.42. The molecule has 1 aliphatic rings. The molecule has 1 fully saturated rings. The second-order valence-corrected chi connectivity index (χ2v) is 5.38. The van der Waals surface area contributed by atoms with E-state index < -0.39 is 9.53 Å². The largest absolute Gasteiger partial charge is 0.483 e. The van der Waals surface area contributed by atoms with Crippen molar-refractivity contribution in [1.82, 2.24) is 0 Å². The van der Waals surface area contributed by atoms with E-state index in [1.807, 2.05) is 0 Å². The van der Waals surface area contributed by atoms with Crippen molar-refractivity contribution in [3.63, 3.8) is 0 Å². The van der Waals surface area contributed by atoms with E-state index in [-0.39, 0.29) is 10.8 Å². The Labute approximate surface area is 84.9 Å². The van der Waals surface area contributed by atoms with Crippen molar-refractivity contribution >= 4 is 32.7 Å². The molecule has 2 atom stereocenters. The Balaban J connectivity index is 0.000000211. The summed E-state index contributed by atoms with van der Waals surface area (Å²) < 4.78 is 14.2. The summed E-state index contributed by atoms with van der Waals surface area (Å²) in [4.78, 5) is 0. The van der Waals surface area contributed by atoms with Crippen LogP contribution in [-0.2, 0) is 13.3 Å². The Hall–Kier alpha value is 0.677. The summed E-state index contributed by atoms with van der Waals surface area (Å²) in [5.41, 5.74) is 0. The molecule has 1 saturated carbocycles. The fraction of sp³-hybridized carbons (Fsp3) is 1.00. The van der Waals surface area contributed by atoms with Crippen LogP contribution in [0.4, 0.5) is 0 Å². The van der Waals surface area contributed by atoms with Crippen molar-refractivity contribution in [2.75, 3.05) is 21.3 Å². The number of alkyl halides is 2. The maximum Gasteiger partial charge on any atom is 0.483 e. The average molecular weight is 233 g/mol. The zero-order chi connectivity index (χ0) is 9.56. The highest BCUT2D eigenvalue weighted by molar-refractivity contribution is 6.36. The smallest absolute Gasteiger partial charge is 0.379 e. The highest BCUT2D eigenvalue weighted by atomic mass is 35.5. The first-order valence-electron chi connectivity index (χ1n) is 3.52. The monoisotopic (exact) mass is 232 g/mol. The topological polar surface area (TPSA) is 27.7 Å². The first-order valence-corrected chi connectivity index (χ1v) is 5.81. The van der Waals surface area contributed by atoms with Crippen LogP contribution in [-0.4, -0.2) is 41.6 Å². The molecule has 0 spiro atoms. The second kappa shape index (κ2) is 7.12. The highest BCUT2D eigenvalue weighted by Gasteiger charge is 2.32. The summed E-state index contributed by atoms with van der Waals surface area (Å²) in [6.07, 6.45) is 1.00. The zero-order valence-corrected chi connectivity index (χ0v) is 10.1. The maximum absolute atomic E-state index is 5.40. The van der Waals surface area contributed by atoms with E-state index in [4.69, 9.17) is 36.5 Å². The molecule has 0 saturated heterocycles. The van der Waals surface area contributed by atoms with Gasteiger partial charge in [-0.2, -0.15) is 0 Å². The molecule has 0 amide bonds. The molecular formula is C6H14Cl2O3Si. The maximum atomic E-state index is 5.40. The fourth-order valence-corrected chi connectivity index (χ4v) is 1.48. The average Bonchev–Trinajstić information content (AvgIpc) is 2.69. The lowest BCUT2D eigenvalue weighted by molar-refractivity contribution is 0.163. The molecule has 0 aromatic carbocycles. The minimum absolute atomic E-state index is 0.289. The van der Waals surface area contributed by atoms with Crippen LogP contribution in [0.15, 0.2) is 0 Å². The standard InChI is InChI=1S/C3H4Cl2.C3H10O3Si/c4-2-1-3(2)5;1-4-7(5-2)6-3/h2-3H,1H2;7H,1-3H3. The van der Waals surface area contributed by atoms with Crippen molar-refractivity contribution in [1.29, 1.82) is 0 Å². The summed E-state index contributed by atoms with van der Waals surface area (Å²) in [5.74, 6) is 0. The van der Waals surface area contributed by atoms with Gasteiger partial charge in [0.25, 0.3) is 0 Å². The van der Waals surface area contributed by atoms with Crippen LogP contribution in [0.1, 0.15) is 6.42 Å². The summed E-state index contributed by atoms with van der Waals surface area (Å²) >= 11 is 10.8. The number of halogens is 2. The quantitative estimate of drug-likeness (QED) is 0.542. The second-order valence-electron chi connectivity index (χ2n) is 2.26. The lowest BCUT2D eigenvalue weighted by atomic mass is 11.0. The van der Waals surface area contributed by atoms with Crippen LogP contribution in [0.3, 0.4) is 0 Å². The van der Waals surface area contributed by atoms with Gasteiger partial charge in [0.1, 0.15) is 0 Å². The van der Waals surface area contributed by atoms with Crippen molar-refractivity contribution < 1.29 is 13.3 Å². The first-order chi connectivity index (χ1) is 5.65. The van der Waals surface area contributed by atoms with Gasteiger partial charge in [-0.05, 0) is 6.42 Å². The van der Waals surface area contributed by atoms with Crippen molar-refractivity contribution in [3.8, 4) is 0 Å². The van der Waals surface area contributed by atoms with Gasteiger partial charge >= 0.3 is 9.53 Å². The molecule has 74 valence electrons. The van der Waals surface area contributed by atoms with Crippen LogP contribution < -0.4 is 0 Å². The van der Waals surface area contributed by atoms with Gasteiger partial charge in [-0.3, -0.25) is 0 Å². The normalized spacial score (nSPS) is 26.5. The van der Waals surface area contributed by atoms with E-state index in [0.29, 0.717) is 0 Å². The predicted octanol–water partition coefficient (Wildman–Crippen LogP) is 1.25. The lowest BCUT2D eigenvalue weighted by Crippen LogP contribution is -2.21. The molecule has 0 radical (unpaired) electrons. The number of hydrogen-bond donors (Lipinski definition) is 0. The summed E-state index contributed by atoms with van der Waals surface area (Å²) in [5, 5.41) is 0.577. The van der Waals surface area contributed by atoms with Crippen molar-refractivity contribution in [2.24, 2.45) is 0 Å². The van der Waals surface area contributed by atoms with Crippen molar-refractivity contribution in [3.05, 3.63) is 0 Å². The minimum atomic E-state index is -1.67. The van der Waals surface area contributed by atoms with Crippen LogP contribution in [0.2, 0.25) is 0 Å². The molecule has 2 unspecified atom stereocenters. The summed E-state index contributed by atoms with van der Waals surface area (Å²) in [7, 11) is 3.05. The summed E-state index contributed by atoms with van der Waals surface area (Å²) in [6.45, 7) is 0. The van der Waals surface area contributed by atoms with Crippen molar-refractivity contribution in [2.45, 2.75) is 17.2 Å². The molecule has 0 aromatic heterocycles. The van der Waals surface area contributed by atoms with E-state index in [9.17, 15) is 0 Å². The fourth-order valence-electron chi connectivity index (χ4n) is 0.425. The Kier molecular flexibility index (Phi) is 7.52.